The molecule has 5 heteroatoms. The highest BCUT2D eigenvalue weighted by molar-refractivity contribution is 4.78. The first kappa shape index (κ1) is 13.8. The molecule has 0 bridgehead atoms. The Balaban J connectivity index is 2.35. The third-order valence-corrected chi connectivity index (χ3v) is 2.87. The Hall–Kier alpha value is -0.290. The highest BCUT2D eigenvalue weighted by Crippen LogP contribution is 2.18. The molecule has 0 aromatic heterocycles. The molecule has 1 heterocycles. The smallest absolute Gasteiger partial charge is 0.313 e. The zero-order chi connectivity index (χ0) is 12.0. The first-order chi connectivity index (χ1) is 7.51. The molecule has 2 nitrogen and oxygen atoms in total. The van der Waals surface area contributed by atoms with Gasteiger partial charge in [0.1, 0.15) is 0 Å². The van der Waals surface area contributed by atoms with E-state index in [0.29, 0.717) is 13.1 Å². The molecule has 96 valence electrons. The van der Waals surface area contributed by atoms with E-state index in [9.17, 15) is 13.2 Å². The second kappa shape index (κ2) is 6.45. The fraction of sp³-hybridized carbons (Fsp3) is 1.00. The average molecular weight is 238 g/mol. The van der Waals surface area contributed by atoms with Crippen molar-refractivity contribution in [1.82, 2.24) is 10.2 Å². The summed E-state index contributed by atoms with van der Waals surface area (Å²) in [6.07, 6.45) is -0.222. The molecule has 1 unspecified atom stereocenters. The molecule has 1 aliphatic rings. The van der Waals surface area contributed by atoms with Gasteiger partial charge in [-0.25, -0.2) is 0 Å². The molecule has 0 aliphatic carbocycles. The van der Waals surface area contributed by atoms with E-state index in [2.05, 4.69) is 5.32 Å². The number of hydrogen-bond donors (Lipinski definition) is 1. The summed E-state index contributed by atoms with van der Waals surface area (Å²) >= 11 is 0. The van der Waals surface area contributed by atoms with Crippen molar-refractivity contribution in [2.75, 3.05) is 26.2 Å². The number of rotatable bonds is 6. The van der Waals surface area contributed by atoms with Gasteiger partial charge in [-0.1, -0.05) is 13.3 Å². The van der Waals surface area contributed by atoms with Gasteiger partial charge in [-0.3, -0.25) is 4.90 Å². The Morgan fingerprint density at radius 1 is 1.38 bits per heavy atom. The maximum Gasteiger partial charge on any atom is 0.401 e. The number of nitrogens with zero attached hydrogens (tertiary/aromatic N) is 1. The van der Waals surface area contributed by atoms with Crippen molar-refractivity contribution in [3.63, 3.8) is 0 Å². The molecule has 0 aromatic rings. The predicted molar refractivity (Wildman–Crippen MR) is 58.4 cm³/mol. The van der Waals surface area contributed by atoms with Crippen LogP contribution >= 0.6 is 0 Å². The van der Waals surface area contributed by atoms with E-state index in [0.717, 1.165) is 32.2 Å². The minimum Gasteiger partial charge on any atom is -0.313 e. The average Bonchev–Trinajstić information content (AvgIpc) is 2.64. The van der Waals surface area contributed by atoms with Crippen molar-refractivity contribution < 1.29 is 13.2 Å². The van der Waals surface area contributed by atoms with Crippen molar-refractivity contribution >= 4 is 0 Å². The van der Waals surface area contributed by atoms with Crippen molar-refractivity contribution in [1.29, 1.82) is 0 Å². The lowest BCUT2D eigenvalue weighted by Gasteiger charge is -2.26. The topological polar surface area (TPSA) is 15.3 Å². The van der Waals surface area contributed by atoms with Crippen LogP contribution in [0.4, 0.5) is 13.2 Å². The van der Waals surface area contributed by atoms with Crippen LogP contribution in [0, 0.1) is 0 Å². The summed E-state index contributed by atoms with van der Waals surface area (Å²) in [6, 6.07) is 0.249. The number of nitrogens with one attached hydrogen (secondary N) is 1. The summed E-state index contributed by atoms with van der Waals surface area (Å²) < 4.78 is 37.0. The number of hydrogen-bond acceptors (Lipinski definition) is 2. The normalized spacial score (nSPS) is 21.9. The van der Waals surface area contributed by atoms with Crippen LogP contribution in [-0.4, -0.2) is 43.3 Å². The maximum atomic E-state index is 12.3. The van der Waals surface area contributed by atoms with Crippen LogP contribution in [0.3, 0.4) is 0 Å². The zero-order valence-corrected chi connectivity index (χ0v) is 9.82. The van der Waals surface area contributed by atoms with Gasteiger partial charge < -0.3 is 5.32 Å². The monoisotopic (exact) mass is 238 g/mol. The van der Waals surface area contributed by atoms with E-state index in [1.165, 1.54) is 4.90 Å². The molecule has 1 fully saturated rings. The third-order valence-electron chi connectivity index (χ3n) is 2.87. The van der Waals surface area contributed by atoms with Crippen molar-refractivity contribution in [3.05, 3.63) is 0 Å². The second-order valence-electron chi connectivity index (χ2n) is 4.50. The summed E-state index contributed by atoms with van der Waals surface area (Å²) in [5, 5.41) is 3.24. The third kappa shape index (κ3) is 5.70. The van der Waals surface area contributed by atoms with Gasteiger partial charge in [-0.15, -0.1) is 0 Å². The molecule has 1 aliphatic heterocycles. The quantitative estimate of drug-likeness (QED) is 0.764. The summed E-state index contributed by atoms with van der Waals surface area (Å²) in [5.41, 5.74) is 0. The van der Waals surface area contributed by atoms with E-state index in [1.807, 2.05) is 6.92 Å². The molecule has 1 rings (SSSR count). The van der Waals surface area contributed by atoms with Crippen molar-refractivity contribution in [2.45, 2.75) is 44.8 Å². The van der Waals surface area contributed by atoms with Gasteiger partial charge in [0.2, 0.25) is 0 Å². The summed E-state index contributed by atoms with van der Waals surface area (Å²) in [7, 11) is 0. The number of unbranched alkanes of at least 4 members (excludes halogenated alkanes) is 1. The van der Waals surface area contributed by atoms with Gasteiger partial charge >= 0.3 is 6.18 Å². The summed E-state index contributed by atoms with van der Waals surface area (Å²) in [6.45, 7) is 3.25. The SMILES string of the molecule is CCCCN(CC1CCCN1)CC(F)(F)F. The fourth-order valence-electron chi connectivity index (χ4n) is 2.09. The molecule has 0 saturated carbocycles. The molecule has 1 atom stereocenters. The molecule has 0 aromatic carbocycles. The number of alkyl halides is 3. The highest BCUT2D eigenvalue weighted by Gasteiger charge is 2.31. The Bertz CT molecular complexity index is 188. The van der Waals surface area contributed by atoms with Crippen LogP contribution in [0.25, 0.3) is 0 Å². The molecule has 1 N–H and O–H groups in total. The Morgan fingerprint density at radius 3 is 2.62 bits per heavy atom. The Labute approximate surface area is 95.2 Å². The van der Waals surface area contributed by atoms with E-state index in [-0.39, 0.29) is 6.04 Å². The van der Waals surface area contributed by atoms with Crippen LogP contribution in [0.5, 0.6) is 0 Å². The van der Waals surface area contributed by atoms with Crippen molar-refractivity contribution in [2.24, 2.45) is 0 Å². The van der Waals surface area contributed by atoms with Gasteiger partial charge in [0.05, 0.1) is 6.54 Å². The van der Waals surface area contributed by atoms with Crippen LogP contribution in [-0.2, 0) is 0 Å². The standard InChI is InChI=1S/C11H21F3N2/c1-2-3-7-16(9-11(12,13)14)8-10-5-4-6-15-10/h10,15H,2-9H2,1H3. The lowest BCUT2D eigenvalue weighted by Crippen LogP contribution is -2.42. The van der Waals surface area contributed by atoms with Crippen LogP contribution < -0.4 is 5.32 Å². The Morgan fingerprint density at radius 2 is 2.12 bits per heavy atom. The van der Waals surface area contributed by atoms with Crippen molar-refractivity contribution in [3.8, 4) is 0 Å². The minimum absolute atomic E-state index is 0.249. The highest BCUT2D eigenvalue weighted by atomic mass is 19.4. The molecule has 16 heavy (non-hydrogen) atoms. The molecular formula is C11H21F3N2. The van der Waals surface area contributed by atoms with Crippen LogP contribution in [0.1, 0.15) is 32.6 Å². The van der Waals surface area contributed by atoms with Gasteiger partial charge in [0.15, 0.2) is 0 Å². The molecule has 0 amide bonds. The molecule has 0 spiro atoms. The molecular weight excluding hydrogens is 217 g/mol. The fourth-order valence-corrected chi connectivity index (χ4v) is 2.09. The van der Waals surface area contributed by atoms with Crippen LogP contribution in [0.15, 0.2) is 0 Å². The lowest BCUT2D eigenvalue weighted by molar-refractivity contribution is -0.146. The Kier molecular flexibility index (Phi) is 5.55. The maximum absolute atomic E-state index is 12.3. The summed E-state index contributed by atoms with van der Waals surface area (Å²) in [4.78, 5) is 1.53. The predicted octanol–water partition coefficient (Wildman–Crippen LogP) is 2.40. The first-order valence-electron chi connectivity index (χ1n) is 6.04. The largest absolute Gasteiger partial charge is 0.401 e. The second-order valence-corrected chi connectivity index (χ2v) is 4.50. The van der Waals surface area contributed by atoms with E-state index in [4.69, 9.17) is 0 Å². The van der Waals surface area contributed by atoms with E-state index in [1.54, 1.807) is 0 Å². The van der Waals surface area contributed by atoms with Gasteiger partial charge in [-0.2, -0.15) is 13.2 Å². The van der Waals surface area contributed by atoms with E-state index >= 15 is 0 Å². The first-order valence-corrected chi connectivity index (χ1v) is 6.04. The lowest BCUT2D eigenvalue weighted by atomic mass is 10.2. The summed E-state index contributed by atoms with van der Waals surface area (Å²) in [5.74, 6) is 0. The molecule has 1 saturated heterocycles. The minimum atomic E-state index is -4.08. The molecule has 0 radical (unpaired) electrons. The van der Waals surface area contributed by atoms with Gasteiger partial charge in [0.25, 0.3) is 0 Å². The van der Waals surface area contributed by atoms with Crippen LogP contribution in [0.2, 0.25) is 0 Å². The number of halogens is 3. The van der Waals surface area contributed by atoms with Gasteiger partial charge in [-0.05, 0) is 32.4 Å². The van der Waals surface area contributed by atoms with E-state index < -0.39 is 12.7 Å². The van der Waals surface area contributed by atoms with Gasteiger partial charge in [0, 0.05) is 12.6 Å². The zero-order valence-electron chi connectivity index (χ0n) is 9.82.